The van der Waals surface area contributed by atoms with E-state index in [0.29, 0.717) is 6.04 Å². The summed E-state index contributed by atoms with van der Waals surface area (Å²) in [6.45, 7) is 3.18. The van der Waals surface area contributed by atoms with Crippen LogP contribution in [0.25, 0.3) is 0 Å². The maximum atomic E-state index is 3.58. The molecule has 1 unspecified atom stereocenters. The predicted octanol–water partition coefficient (Wildman–Crippen LogP) is 5.59. The van der Waals surface area contributed by atoms with E-state index >= 15 is 0 Å². The van der Waals surface area contributed by atoms with Crippen LogP contribution in [-0.4, -0.2) is 18.3 Å². The van der Waals surface area contributed by atoms with Crippen LogP contribution in [0.4, 0.5) is 0 Å². The van der Waals surface area contributed by atoms with Gasteiger partial charge in [0.2, 0.25) is 0 Å². The Balaban J connectivity index is 1.90. The third kappa shape index (κ3) is 5.53. The molecule has 0 amide bonds. The molecule has 5 heteroatoms. The Morgan fingerprint density at radius 2 is 1.90 bits per heavy atom. The third-order valence-electron chi connectivity index (χ3n) is 2.83. The van der Waals surface area contributed by atoms with E-state index in [2.05, 4.69) is 80.5 Å². The van der Waals surface area contributed by atoms with Gasteiger partial charge in [0.15, 0.2) is 0 Å². The van der Waals surface area contributed by atoms with E-state index < -0.39 is 0 Å². The quantitative estimate of drug-likeness (QED) is 0.570. The van der Waals surface area contributed by atoms with Crippen LogP contribution < -0.4 is 5.32 Å². The average Bonchev–Trinajstić information content (AvgIpc) is 2.83. The summed E-state index contributed by atoms with van der Waals surface area (Å²) in [6.07, 6.45) is 1.09. The van der Waals surface area contributed by atoms with Crippen molar-refractivity contribution in [2.75, 3.05) is 12.3 Å². The highest BCUT2D eigenvalue weighted by atomic mass is 79.9. The molecule has 0 spiro atoms. The van der Waals surface area contributed by atoms with Gasteiger partial charge >= 0.3 is 0 Å². The minimum Gasteiger partial charge on any atom is -0.313 e. The Morgan fingerprint density at radius 1 is 1.15 bits per heavy atom. The van der Waals surface area contributed by atoms with Crippen LogP contribution in [0, 0.1) is 0 Å². The number of benzene rings is 1. The van der Waals surface area contributed by atoms with Crippen molar-refractivity contribution in [1.82, 2.24) is 5.32 Å². The normalized spacial score (nSPS) is 12.6. The van der Waals surface area contributed by atoms with Crippen LogP contribution in [0.1, 0.15) is 11.8 Å². The van der Waals surface area contributed by atoms with Crippen LogP contribution in [0.2, 0.25) is 0 Å². The van der Waals surface area contributed by atoms with Gasteiger partial charge in [-0.25, -0.2) is 0 Å². The second kappa shape index (κ2) is 8.59. The summed E-state index contributed by atoms with van der Waals surface area (Å²) < 4.78 is 2.34. The Bertz CT molecular complexity index is 525. The first-order valence-corrected chi connectivity index (χ1v) is 9.92. The monoisotopic (exact) mass is 433 g/mol. The van der Waals surface area contributed by atoms with E-state index in [9.17, 15) is 0 Å². The molecule has 0 saturated carbocycles. The largest absolute Gasteiger partial charge is 0.313 e. The Morgan fingerprint density at radius 3 is 2.50 bits per heavy atom. The van der Waals surface area contributed by atoms with Crippen LogP contribution in [0.5, 0.6) is 0 Å². The Hall–Kier alpha value is 0.190. The van der Waals surface area contributed by atoms with E-state index in [0.717, 1.165) is 23.2 Å². The molecule has 1 heterocycles. The van der Waals surface area contributed by atoms with Crippen molar-refractivity contribution in [1.29, 1.82) is 0 Å². The summed E-state index contributed by atoms with van der Waals surface area (Å²) >= 11 is 10.7. The second-order valence-corrected chi connectivity index (χ2v) is 8.99. The molecule has 0 saturated heterocycles. The van der Waals surface area contributed by atoms with Crippen LogP contribution >= 0.6 is 55.0 Å². The molecule has 2 aromatic rings. The maximum Gasteiger partial charge on any atom is 0.0701 e. The predicted molar refractivity (Wildman–Crippen MR) is 98.1 cm³/mol. The summed E-state index contributed by atoms with van der Waals surface area (Å²) in [7, 11) is 0. The van der Waals surface area contributed by atoms with E-state index in [4.69, 9.17) is 0 Å². The summed E-state index contributed by atoms with van der Waals surface area (Å²) in [5.74, 6) is 1.09. The molecule has 0 fully saturated rings. The highest BCUT2D eigenvalue weighted by Crippen LogP contribution is 2.25. The van der Waals surface area contributed by atoms with Gasteiger partial charge in [-0.3, -0.25) is 0 Å². The molecule has 1 aromatic heterocycles. The topological polar surface area (TPSA) is 12.0 Å². The molecule has 1 atom stereocenters. The smallest absolute Gasteiger partial charge is 0.0701 e. The van der Waals surface area contributed by atoms with Gasteiger partial charge in [-0.2, -0.15) is 0 Å². The molecule has 1 N–H and O–H groups in total. The first kappa shape index (κ1) is 16.6. The molecule has 0 radical (unpaired) electrons. The van der Waals surface area contributed by atoms with Gasteiger partial charge in [0.25, 0.3) is 0 Å². The molecule has 1 nitrogen and oxygen atoms in total. The number of hydrogen-bond acceptors (Lipinski definition) is 3. The number of halogens is 2. The van der Waals surface area contributed by atoms with E-state index in [1.54, 1.807) is 0 Å². The number of rotatable bonds is 7. The SMILES string of the molecule is CCNC(CSc1ccc(Br)cc1)Cc1ccc(Br)s1. The fourth-order valence-electron chi connectivity index (χ4n) is 1.91. The minimum atomic E-state index is 0.513. The van der Waals surface area contributed by atoms with Crippen molar-refractivity contribution < 1.29 is 0 Å². The van der Waals surface area contributed by atoms with Crippen molar-refractivity contribution in [2.24, 2.45) is 0 Å². The van der Waals surface area contributed by atoms with Crippen LogP contribution in [-0.2, 0) is 6.42 Å². The zero-order valence-electron chi connectivity index (χ0n) is 11.2. The molecule has 0 bridgehead atoms. The van der Waals surface area contributed by atoms with Crippen molar-refractivity contribution in [3.05, 3.63) is 49.5 Å². The van der Waals surface area contributed by atoms with Gasteiger partial charge in [0, 0.05) is 26.0 Å². The van der Waals surface area contributed by atoms with Crippen molar-refractivity contribution in [2.45, 2.75) is 24.3 Å². The first-order valence-electron chi connectivity index (χ1n) is 6.53. The molecule has 0 aliphatic heterocycles. The molecule has 20 heavy (non-hydrogen) atoms. The highest BCUT2D eigenvalue weighted by molar-refractivity contribution is 9.11. The van der Waals surface area contributed by atoms with Gasteiger partial charge < -0.3 is 5.32 Å². The molecular formula is C15H17Br2NS2. The number of thiophene rings is 1. The zero-order valence-corrected chi connectivity index (χ0v) is 16.0. The summed E-state index contributed by atoms with van der Waals surface area (Å²) in [5, 5.41) is 3.58. The highest BCUT2D eigenvalue weighted by Gasteiger charge is 2.10. The van der Waals surface area contributed by atoms with E-state index in [-0.39, 0.29) is 0 Å². The molecule has 1 aromatic carbocycles. The lowest BCUT2D eigenvalue weighted by molar-refractivity contribution is 0.576. The van der Waals surface area contributed by atoms with Crippen molar-refractivity contribution >= 4 is 55.0 Å². The number of nitrogens with one attached hydrogen (secondary N) is 1. The minimum absolute atomic E-state index is 0.513. The standard InChI is InChI=1S/C15H17Br2NS2/c1-2-18-12(9-14-7-8-15(17)20-14)10-19-13-5-3-11(16)4-6-13/h3-8,12,18H,2,9-10H2,1H3. The molecule has 108 valence electrons. The first-order chi connectivity index (χ1) is 9.67. The lowest BCUT2D eigenvalue weighted by Crippen LogP contribution is -2.32. The van der Waals surface area contributed by atoms with E-state index in [1.165, 1.54) is 13.6 Å². The van der Waals surface area contributed by atoms with Gasteiger partial charge in [-0.15, -0.1) is 23.1 Å². The molecule has 0 aliphatic carbocycles. The van der Waals surface area contributed by atoms with Gasteiger partial charge in [0.1, 0.15) is 0 Å². The van der Waals surface area contributed by atoms with Crippen LogP contribution in [0.15, 0.2) is 49.6 Å². The molecular weight excluding hydrogens is 418 g/mol. The number of likely N-dealkylation sites (N-methyl/N-ethyl adjacent to an activating group) is 1. The van der Waals surface area contributed by atoms with Crippen LogP contribution in [0.3, 0.4) is 0 Å². The van der Waals surface area contributed by atoms with Gasteiger partial charge in [-0.1, -0.05) is 22.9 Å². The Kier molecular flexibility index (Phi) is 7.11. The summed E-state index contributed by atoms with van der Waals surface area (Å²) in [5.41, 5.74) is 0. The average molecular weight is 435 g/mol. The maximum absolute atomic E-state index is 3.58. The summed E-state index contributed by atoms with van der Waals surface area (Å²) in [4.78, 5) is 2.75. The second-order valence-electron chi connectivity index (χ2n) is 4.43. The fourth-order valence-corrected chi connectivity index (χ4v) is 4.70. The number of thioether (sulfide) groups is 1. The van der Waals surface area contributed by atoms with Gasteiger partial charge in [0.05, 0.1) is 3.79 Å². The summed E-state index contributed by atoms with van der Waals surface area (Å²) in [6, 6.07) is 13.4. The van der Waals surface area contributed by atoms with E-state index in [1.807, 2.05) is 23.1 Å². The fraction of sp³-hybridized carbons (Fsp3) is 0.333. The zero-order chi connectivity index (χ0) is 14.4. The third-order valence-corrected chi connectivity index (χ3v) is 6.18. The van der Waals surface area contributed by atoms with Gasteiger partial charge in [-0.05, 0) is 65.3 Å². The Labute approximate surface area is 145 Å². The lowest BCUT2D eigenvalue weighted by atomic mass is 10.2. The van der Waals surface area contributed by atoms with Crippen molar-refractivity contribution in [3.8, 4) is 0 Å². The molecule has 2 rings (SSSR count). The lowest BCUT2D eigenvalue weighted by Gasteiger charge is -2.16. The molecule has 0 aliphatic rings. The van der Waals surface area contributed by atoms with Crippen molar-refractivity contribution in [3.63, 3.8) is 0 Å². The number of hydrogen-bond donors (Lipinski definition) is 1.